The lowest BCUT2D eigenvalue weighted by atomic mass is 9.84. The molecule has 2 aliphatic heterocycles. The maximum absolute atomic E-state index is 11.6. The number of aliphatic hydroxyl groups is 1. The van der Waals surface area contributed by atoms with E-state index in [0.717, 1.165) is 64.7 Å². The molecule has 1 unspecified atom stereocenters. The van der Waals surface area contributed by atoms with E-state index in [2.05, 4.69) is 9.80 Å². The minimum absolute atomic E-state index is 0.0425. The summed E-state index contributed by atoms with van der Waals surface area (Å²) in [6, 6.07) is 0.455. The molecule has 0 aromatic heterocycles. The number of carbonyl (C=O) groups excluding carboxylic acids is 1. The minimum Gasteiger partial charge on any atom is -0.389 e. The second-order valence-corrected chi connectivity index (χ2v) is 7.59. The molecule has 1 amide bonds. The summed E-state index contributed by atoms with van der Waals surface area (Å²) in [5.74, 6) is -0.156. The van der Waals surface area contributed by atoms with Gasteiger partial charge in [-0.3, -0.25) is 9.69 Å². The van der Waals surface area contributed by atoms with E-state index >= 15 is 0 Å². The monoisotopic (exact) mass is 309 g/mol. The molecule has 1 saturated carbocycles. The molecule has 5 heteroatoms. The molecule has 2 heterocycles. The Kier molecular flexibility index (Phi) is 5.05. The molecule has 0 bridgehead atoms. The maximum atomic E-state index is 11.6. The van der Waals surface area contributed by atoms with Gasteiger partial charge in [0.2, 0.25) is 5.91 Å². The van der Waals surface area contributed by atoms with Gasteiger partial charge in [0.25, 0.3) is 0 Å². The van der Waals surface area contributed by atoms with Gasteiger partial charge in [-0.05, 0) is 58.2 Å². The van der Waals surface area contributed by atoms with Crippen molar-refractivity contribution in [1.82, 2.24) is 9.80 Å². The third-order valence-corrected chi connectivity index (χ3v) is 5.95. The number of amides is 1. The number of rotatable bonds is 4. The van der Waals surface area contributed by atoms with Crippen LogP contribution in [0.25, 0.3) is 0 Å². The van der Waals surface area contributed by atoms with E-state index in [1.54, 1.807) is 0 Å². The fourth-order valence-corrected chi connectivity index (χ4v) is 4.72. The number of nitrogens with two attached hydrogens (primary N) is 1. The lowest BCUT2D eigenvalue weighted by Crippen LogP contribution is -2.53. The summed E-state index contributed by atoms with van der Waals surface area (Å²) < 4.78 is 0. The lowest BCUT2D eigenvalue weighted by molar-refractivity contribution is -0.123. The molecule has 2 saturated heterocycles. The number of nitrogens with zero attached hydrogens (tertiary/aromatic N) is 2. The van der Waals surface area contributed by atoms with Crippen LogP contribution in [-0.2, 0) is 4.79 Å². The van der Waals surface area contributed by atoms with Crippen LogP contribution < -0.4 is 5.73 Å². The van der Waals surface area contributed by atoms with Gasteiger partial charge in [-0.2, -0.15) is 0 Å². The topological polar surface area (TPSA) is 69.8 Å². The predicted octanol–water partition coefficient (Wildman–Crippen LogP) is 1.10. The first-order chi connectivity index (χ1) is 10.6. The van der Waals surface area contributed by atoms with Gasteiger partial charge in [-0.15, -0.1) is 0 Å². The molecule has 3 N–H and O–H groups in total. The highest BCUT2D eigenvalue weighted by atomic mass is 16.3. The molecular formula is C17H31N3O2. The molecule has 0 aromatic rings. The Labute approximate surface area is 133 Å². The molecule has 126 valence electrons. The van der Waals surface area contributed by atoms with E-state index in [0.29, 0.717) is 6.04 Å². The molecular weight excluding hydrogens is 278 g/mol. The summed E-state index contributed by atoms with van der Waals surface area (Å²) in [6.07, 6.45) is 9.74. The van der Waals surface area contributed by atoms with Gasteiger partial charge >= 0.3 is 0 Å². The van der Waals surface area contributed by atoms with Crippen molar-refractivity contribution in [2.75, 3.05) is 26.2 Å². The summed E-state index contributed by atoms with van der Waals surface area (Å²) in [7, 11) is 0. The van der Waals surface area contributed by atoms with Crippen molar-refractivity contribution in [2.24, 2.45) is 5.73 Å². The summed E-state index contributed by atoms with van der Waals surface area (Å²) in [5.41, 5.74) is 5.09. The van der Waals surface area contributed by atoms with Gasteiger partial charge in [0, 0.05) is 12.6 Å². The zero-order chi connectivity index (χ0) is 15.6. The van der Waals surface area contributed by atoms with E-state index in [9.17, 15) is 9.90 Å². The van der Waals surface area contributed by atoms with Crippen LogP contribution in [0.15, 0.2) is 0 Å². The minimum atomic E-state index is -0.450. The second-order valence-electron chi connectivity index (χ2n) is 7.59. The Bertz CT molecular complexity index is 387. The quantitative estimate of drug-likeness (QED) is 0.816. The first-order valence-electron chi connectivity index (χ1n) is 9.07. The number of primary amides is 1. The highest BCUT2D eigenvalue weighted by molar-refractivity contribution is 5.80. The highest BCUT2D eigenvalue weighted by Crippen LogP contribution is 2.31. The summed E-state index contributed by atoms with van der Waals surface area (Å²) in [4.78, 5) is 16.3. The number of hydrogen-bond donors (Lipinski definition) is 2. The molecule has 3 fully saturated rings. The van der Waals surface area contributed by atoms with E-state index < -0.39 is 5.60 Å². The molecule has 0 aromatic carbocycles. The molecule has 5 nitrogen and oxygen atoms in total. The van der Waals surface area contributed by atoms with Gasteiger partial charge in [0.15, 0.2) is 0 Å². The van der Waals surface area contributed by atoms with Crippen molar-refractivity contribution in [3.63, 3.8) is 0 Å². The van der Waals surface area contributed by atoms with Crippen molar-refractivity contribution in [3.8, 4) is 0 Å². The first kappa shape index (κ1) is 16.2. The SMILES string of the molecule is NC(=O)C1CCCN1C1CCN(CC2(O)CCCCC2)CC1. The number of hydrogen-bond acceptors (Lipinski definition) is 4. The van der Waals surface area contributed by atoms with E-state index in [1.165, 1.54) is 19.3 Å². The third kappa shape index (κ3) is 3.63. The first-order valence-corrected chi connectivity index (χ1v) is 9.07. The average molecular weight is 309 g/mol. The fraction of sp³-hybridized carbons (Fsp3) is 0.941. The van der Waals surface area contributed by atoms with Crippen molar-refractivity contribution in [1.29, 1.82) is 0 Å². The zero-order valence-corrected chi connectivity index (χ0v) is 13.7. The summed E-state index contributed by atoms with van der Waals surface area (Å²) >= 11 is 0. The van der Waals surface area contributed by atoms with Crippen LogP contribution in [0.4, 0.5) is 0 Å². The Morgan fingerprint density at radius 1 is 1.05 bits per heavy atom. The van der Waals surface area contributed by atoms with Gasteiger partial charge in [0.1, 0.15) is 0 Å². The smallest absolute Gasteiger partial charge is 0.234 e. The van der Waals surface area contributed by atoms with Crippen LogP contribution in [0.2, 0.25) is 0 Å². The largest absolute Gasteiger partial charge is 0.389 e. The molecule has 1 aliphatic carbocycles. The van der Waals surface area contributed by atoms with Crippen LogP contribution in [0.1, 0.15) is 57.8 Å². The van der Waals surface area contributed by atoms with Gasteiger partial charge in [0.05, 0.1) is 11.6 Å². The number of piperidine rings is 1. The van der Waals surface area contributed by atoms with Gasteiger partial charge in [-0.1, -0.05) is 19.3 Å². The molecule has 1 atom stereocenters. The van der Waals surface area contributed by atoms with Crippen molar-refractivity contribution < 1.29 is 9.90 Å². The zero-order valence-electron chi connectivity index (χ0n) is 13.7. The fourth-order valence-electron chi connectivity index (χ4n) is 4.72. The molecule has 0 spiro atoms. The normalized spacial score (nSPS) is 31.4. The molecule has 3 aliphatic rings. The molecule has 3 rings (SSSR count). The van der Waals surface area contributed by atoms with Crippen molar-refractivity contribution in [2.45, 2.75) is 75.5 Å². The Morgan fingerprint density at radius 2 is 1.73 bits per heavy atom. The Hall–Kier alpha value is -0.650. The standard InChI is InChI=1S/C17H31N3O2/c18-16(21)15-5-4-10-20(15)14-6-11-19(12-7-14)13-17(22)8-2-1-3-9-17/h14-15,22H,1-13H2,(H2,18,21). The van der Waals surface area contributed by atoms with Crippen LogP contribution in [0.3, 0.4) is 0 Å². The van der Waals surface area contributed by atoms with E-state index in [1.807, 2.05) is 0 Å². The van der Waals surface area contributed by atoms with Crippen LogP contribution in [-0.4, -0.2) is 64.7 Å². The van der Waals surface area contributed by atoms with Crippen molar-refractivity contribution >= 4 is 5.91 Å². The van der Waals surface area contributed by atoms with Gasteiger partial charge in [-0.25, -0.2) is 0 Å². The average Bonchev–Trinajstić information content (AvgIpc) is 2.98. The maximum Gasteiger partial charge on any atom is 0.234 e. The predicted molar refractivity (Wildman–Crippen MR) is 86.4 cm³/mol. The van der Waals surface area contributed by atoms with Crippen LogP contribution in [0.5, 0.6) is 0 Å². The number of likely N-dealkylation sites (tertiary alicyclic amines) is 2. The number of carbonyl (C=O) groups is 1. The lowest BCUT2D eigenvalue weighted by Gasteiger charge is -2.42. The number of β-amino-alcohol motifs (C(OH)–C–C–N with tert-alkyl or cyclic N) is 1. The third-order valence-electron chi connectivity index (χ3n) is 5.95. The summed E-state index contributed by atoms with van der Waals surface area (Å²) in [6.45, 7) is 3.92. The highest BCUT2D eigenvalue weighted by Gasteiger charge is 2.37. The molecule has 22 heavy (non-hydrogen) atoms. The Balaban J connectivity index is 1.49. The van der Waals surface area contributed by atoms with E-state index in [-0.39, 0.29) is 11.9 Å². The summed E-state index contributed by atoms with van der Waals surface area (Å²) in [5, 5.41) is 10.7. The van der Waals surface area contributed by atoms with Crippen molar-refractivity contribution in [3.05, 3.63) is 0 Å². The Morgan fingerprint density at radius 3 is 2.36 bits per heavy atom. The second kappa shape index (κ2) is 6.85. The molecule has 0 radical (unpaired) electrons. The van der Waals surface area contributed by atoms with Crippen LogP contribution in [0, 0.1) is 0 Å². The van der Waals surface area contributed by atoms with Crippen LogP contribution >= 0.6 is 0 Å². The van der Waals surface area contributed by atoms with E-state index in [4.69, 9.17) is 5.73 Å². The van der Waals surface area contributed by atoms with Gasteiger partial charge < -0.3 is 15.7 Å².